The smallest absolute Gasteiger partial charge is 0.146 e. The summed E-state index contributed by atoms with van der Waals surface area (Å²) in [5, 5.41) is 8.93. The molecule has 0 saturated heterocycles. The summed E-state index contributed by atoms with van der Waals surface area (Å²) in [5.74, 6) is 0.678. The van der Waals surface area contributed by atoms with Gasteiger partial charge in [0.05, 0.1) is 0 Å². The van der Waals surface area contributed by atoms with Crippen LogP contribution in [-0.4, -0.2) is 24.4 Å². The lowest BCUT2D eigenvalue weighted by Gasteiger charge is -2.07. The van der Waals surface area contributed by atoms with Crippen LogP contribution in [0.4, 0.5) is 4.39 Å². The highest BCUT2D eigenvalue weighted by atomic mass is 19.1. The van der Waals surface area contributed by atoms with Gasteiger partial charge in [-0.25, -0.2) is 4.39 Å². The largest absolute Gasteiger partial charge is 0.508 e. The molecule has 72 valence electrons. The van der Waals surface area contributed by atoms with Gasteiger partial charge in [0.2, 0.25) is 0 Å². The van der Waals surface area contributed by atoms with Crippen LogP contribution in [-0.2, 0) is 0 Å². The molecule has 0 bridgehead atoms. The van der Waals surface area contributed by atoms with E-state index >= 15 is 0 Å². The van der Waals surface area contributed by atoms with Gasteiger partial charge in [0.15, 0.2) is 0 Å². The number of ether oxygens (including phenoxy) is 1. The van der Waals surface area contributed by atoms with E-state index in [4.69, 9.17) is 15.6 Å². The van der Waals surface area contributed by atoms with Gasteiger partial charge in [-0.2, -0.15) is 0 Å². The standard InChI is InChI=1S/C9H12FNO2/c10-7(5-11)6-13-9-3-1-8(12)2-4-9/h1-4,7,12H,5-6,11H2. The zero-order chi connectivity index (χ0) is 9.68. The van der Waals surface area contributed by atoms with Crippen LogP contribution >= 0.6 is 0 Å². The quantitative estimate of drug-likeness (QED) is 0.737. The predicted octanol–water partition coefficient (Wildman–Crippen LogP) is 1.07. The van der Waals surface area contributed by atoms with Crippen LogP contribution in [0.1, 0.15) is 0 Å². The Balaban J connectivity index is 2.41. The van der Waals surface area contributed by atoms with Gasteiger partial charge in [-0.05, 0) is 24.3 Å². The third kappa shape index (κ3) is 3.29. The number of phenols is 1. The van der Waals surface area contributed by atoms with E-state index in [0.29, 0.717) is 5.75 Å². The molecule has 13 heavy (non-hydrogen) atoms. The molecule has 0 fully saturated rings. The highest BCUT2D eigenvalue weighted by Gasteiger charge is 2.03. The first kappa shape index (κ1) is 9.80. The average molecular weight is 185 g/mol. The van der Waals surface area contributed by atoms with Gasteiger partial charge in [-0.1, -0.05) is 0 Å². The molecule has 1 atom stereocenters. The second kappa shape index (κ2) is 4.67. The van der Waals surface area contributed by atoms with E-state index in [2.05, 4.69) is 0 Å². The lowest BCUT2D eigenvalue weighted by molar-refractivity contribution is 0.201. The summed E-state index contributed by atoms with van der Waals surface area (Å²) in [7, 11) is 0. The summed E-state index contributed by atoms with van der Waals surface area (Å²) >= 11 is 0. The first-order valence-electron chi connectivity index (χ1n) is 3.98. The van der Waals surface area contributed by atoms with Crippen molar-refractivity contribution in [2.24, 2.45) is 5.73 Å². The molecule has 3 nitrogen and oxygen atoms in total. The number of aromatic hydroxyl groups is 1. The Labute approximate surface area is 75.9 Å². The van der Waals surface area contributed by atoms with Gasteiger partial charge in [-0.3, -0.25) is 0 Å². The molecule has 1 unspecified atom stereocenters. The van der Waals surface area contributed by atoms with Crippen molar-refractivity contribution in [1.82, 2.24) is 0 Å². The molecule has 1 rings (SSSR count). The van der Waals surface area contributed by atoms with Gasteiger partial charge in [0.1, 0.15) is 24.3 Å². The summed E-state index contributed by atoms with van der Waals surface area (Å²) in [6.07, 6.45) is -1.14. The normalized spacial score (nSPS) is 12.5. The summed E-state index contributed by atoms with van der Waals surface area (Å²) in [4.78, 5) is 0. The van der Waals surface area contributed by atoms with Crippen molar-refractivity contribution in [1.29, 1.82) is 0 Å². The Hall–Kier alpha value is -1.29. The van der Waals surface area contributed by atoms with Gasteiger partial charge < -0.3 is 15.6 Å². The SMILES string of the molecule is NCC(F)COc1ccc(O)cc1. The van der Waals surface area contributed by atoms with Crippen LogP contribution < -0.4 is 10.5 Å². The second-order valence-corrected chi connectivity index (χ2v) is 2.64. The van der Waals surface area contributed by atoms with Gasteiger partial charge in [0, 0.05) is 6.54 Å². The van der Waals surface area contributed by atoms with Crippen molar-refractivity contribution < 1.29 is 14.2 Å². The van der Waals surface area contributed by atoms with Gasteiger partial charge >= 0.3 is 0 Å². The molecule has 1 aromatic rings. The fraction of sp³-hybridized carbons (Fsp3) is 0.333. The minimum Gasteiger partial charge on any atom is -0.508 e. The maximum Gasteiger partial charge on any atom is 0.146 e. The molecular weight excluding hydrogens is 173 g/mol. The Morgan fingerprint density at radius 1 is 1.38 bits per heavy atom. The van der Waals surface area contributed by atoms with Crippen LogP contribution in [0.15, 0.2) is 24.3 Å². The molecule has 0 aliphatic rings. The van der Waals surface area contributed by atoms with Crippen LogP contribution in [0.3, 0.4) is 0 Å². The highest BCUT2D eigenvalue weighted by molar-refractivity contribution is 5.30. The highest BCUT2D eigenvalue weighted by Crippen LogP contribution is 2.15. The van der Waals surface area contributed by atoms with E-state index in [1.165, 1.54) is 12.1 Å². The van der Waals surface area contributed by atoms with Crippen molar-refractivity contribution in [2.45, 2.75) is 6.17 Å². The van der Waals surface area contributed by atoms with Gasteiger partial charge in [-0.15, -0.1) is 0 Å². The number of nitrogens with two attached hydrogens (primary N) is 1. The zero-order valence-corrected chi connectivity index (χ0v) is 7.11. The number of hydrogen-bond acceptors (Lipinski definition) is 3. The van der Waals surface area contributed by atoms with E-state index in [1.807, 2.05) is 0 Å². The molecule has 4 heteroatoms. The van der Waals surface area contributed by atoms with Crippen LogP contribution in [0.25, 0.3) is 0 Å². The lowest BCUT2D eigenvalue weighted by Crippen LogP contribution is -2.22. The molecular formula is C9H12FNO2. The third-order valence-electron chi connectivity index (χ3n) is 1.52. The molecule has 3 N–H and O–H groups in total. The zero-order valence-electron chi connectivity index (χ0n) is 7.11. The average Bonchev–Trinajstić information content (AvgIpc) is 2.16. The second-order valence-electron chi connectivity index (χ2n) is 2.64. The molecule has 0 amide bonds. The Kier molecular flexibility index (Phi) is 3.52. The molecule has 0 aliphatic carbocycles. The Bertz CT molecular complexity index is 250. The number of halogens is 1. The molecule has 0 spiro atoms. The predicted molar refractivity (Wildman–Crippen MR) is 47.6 cm³/mol. The van der Waals surface area contributed by atoms with Gasteiger partial charge in [0.25, 0.3) is 0 Å². The van der Waals surface area contributed by atoms with Crippen molar-refractivity contribution in [3.05, 3.63) is 24.3 Å². The molecule has 0 radical (unpaired) electrons. The maximum atomic E-state index is 12.6. The van der Waals surface area contributed by atoms with Crippen molar-refractivity contribution in [2.75, 3.05) is 13.2 Å². The Morgan fingerprint density at radius 2 is 2.00 bits per heavy atom. The summed E-state index contributed by atoms with van der Waals surface area (Å²) < 4.78 is 17.6. The number of phenolic OH excluding ortho intramolecular Hbond substituents is 1. The molecule has 0 heterocycles. The number of hydrogen-bond donors (Lipinski definition) is 2. The number of rotatable bonds is 4. The van der Waals surface area contributed by atoms with E-state index in [1.54, 1.807) is 12.1 Å². The van der Waals surface area contributed by atoms with E-state index in [-0.39, 0.29) is 18.9 Å². The van der Waals surface area contributed by atoms with Crippen LogP contribution in [0.2, 0.25) is 0 Å². The third-order valence-corrected chi connectivity index (χ3v) is 1.52. The fourth-order valence-corrected chi connectivity index (χ4v) is 0.797. The molecule has 0 aromatic heterocycles. The van der Waals surface area contributed by atoms with E-state index in [9.17, 15) is 4.39 Å². The molecule has 0 saturated carbocycles. The monoisotopic (exact) mass is 185 g/mol. The van der Waals surface area contributed by atoms with E-state index in [0.717, 1.165) is 0 Å². The summed E-state index contributed by atoms with van der Waals surface area (Å²) in [5.41, 5.74) is 5.07. The van der Waals surface area contributed by atoms with Crippen LogP contribution in [0.5, 0.6) is 11.5 Å². The minimum atomic E-state index is -1.14. The number of alkyl halides is 1. The first-order chi connectivity index (χ1) is 6.22. The fourth-order valence-electron chi connectivity index (χ4n) is 0.797. The van der Waals surface area contributed by atoms with Crippen molar-refractivity contribution >= 4 is 0 Å². The molecule has 1 aromatic carbocycles. The summed E-state index contributed by atoms with van der Waals surface area (Å²) in [6, 6.07) is 6.09. The van der Waals surface area contributed by atoms with Crippen molar-refractivity contribution in [3.8, 4) is 11.5 Å². The Morgan fingerprint density at radius 3 is 2.54 bits per heavy atom. The van der Waals surface area contributed by atoms with Crippen molar-refractivity contribution in [3.63, 3.8) is 0 Å². The molecule has 0 aliphatic heterocycles. The first-order valence-corrected chi connectivity index (χ1v) is 3.98. The minimum absolute atomic E-state index is 0.0436. The lowest BCUT2D eigenvalue weighted by atomic mass is 10.3. The van der Waals surface area contributed by atoms with Crippen LogP contribution in [0, 0.1) is 0 Å². The maximum absolute atomic E-state index is 12.6. The van der Waals surface area contributed by atoms with E-state index < -0.39 is 6.17 Å². The topological polar surface area (TPSA) is 55.5 Å². The number of benzene rings is 1. The summed E-state index contributed by atoms with van der Waals surface area (Å²) in [6.45, 7) is -0.0979.